The highest BCUT2D eigenvalue weighted by Gasteiger charge is 2.18. The van der Waals surface area contributed by atoms with Crippen LogP contribution in [0.25, 0.3) is 10.9 Å². The molecule has 0 fully saturated rings. The zero-order valence-electron chi connectivity index (χ0n) is 26.4. The van der Waals surface area contributed by atoms with Crippen LogP contribution < -0.4 is 20.9 Å². The number of rotatable bonds is 14. The minimum Gasteiger partial charge on any atom is -0.506 e. The number of carbonyl (C=O) groups excluding carboxylic acids is 1. The van der Waals surface area contributed by atoms with Crippen LogP contribution in [0, 0.1) is 0 Å². The van der Waals surface area contributed by atoms with Crippen molar-refractivity contribution in [3.63, 3.8) is 0 Å². The number of phenols is 1. The van der Waals surface area contributed by atoms with Crippen molar-refractivity contribution in [2.75, 3.05) is 26.7 Å². The molecule has 48 heavy (non-hydrogen) atoms. The lowest BCUT2D eigenvalue weighted by atomic mass is 9.98. The zero-order valence-corrected chi connectivity index (χ0v) is 26.4. The number of aromatic nitrogens is 1. The summed E-state index contributed by atoms with van der Waals surface area (Å²) in [6.07, 6.45) is -1.31. The van der Waals surface area contributed by atoms with E-state index in [-0.39, 0.29) is 35.9 Å². The summed E-state index contributed by atoms with van der Waals surface area (Å²) in [5, 5.41) is 36.5. The first kappa shape index (κ1) is 33.7. The molecule has 4 aromatic carbocycles. The van der Waals surface area contributed by atoms with Crippen LogP contribution in [0.1, 0.15) is 51.2 Å². The number of hydrogen-bond acceptors (Lipinski definition) is 7. The summed E-state index contributed by atoms with van der Waals surface area (Å²) in [4.78, 5) is 40.4. The summed E-state index contributed by atoms with van der Waals surface area (Å²) < 4.78 is 6.00. The van der Waals surface area contributed by atoms with Crippen molar-refractivity contribution < 1.29 is 29.6 Å². The number of aromatic hydroxyl groups is 1. The Balaban J connectivity index is 1.08. The van der Waals surface area contributed by atoms with Gasteiger partial charge in [-0.3, -0.25) is 9.59 Å². The molecule has 11 heteroatoms. The number of carboxylic acid groups (broad SMARTS) is 1. The number of amides is 2. The number of aliphatic hydroxyl groups is 1. The average molecular weight is 651 g/mol. The van der Waals surface area contributed by atoms with Gasteiger partial charge in [0.15, 0.2) is 0 Å². The van der Waals surface area contributed by atoms with Crippen molar-refractivity contribution in [1.29, 1.82) is 0 Å². The number of phenolic OH excluding ortho intramolecular Hbond substituents is 1. The Morgan fingerprint density at radius 1 is 0.917 bits per heavy atom. The Morgan fingerprint density at radius 3 is 2.42 bits per heavy atom. The molecule has 2 atom stereocenters. The number of nitrogens with zero attached hydrogens (tertiary/aromatic N) is 1. The van der Waals surface area contributed by atoms with Crippen molar-refractivity contribution in [2.45, 2.75) is 25.2 Å². The monoisotopic (exact) mass is 650 g/mol. The maximum absolute atomic E-state index is 13.0. The second kappa shape index (κ2) is 15.8. The lowest BCUT2D eigenvalue weighted by Gasteiger charge is -2.19. The first-order valence-corrected chi connectivity index (χ1v) is 15.5. The summed E-state index contributed by atoms with van der Waals surface area (Å²) in [6, 6.07) is 29.3. The van der Waals surface area contributed by atoms with Gasteiger partial charge in [-0.15, -0.1) is 0 Å². The van der Waals surface area contributed by atoms with E-state index in [0.717, 1.165) is 16.7 Å². The van der Waals surface area contributed by atoms with Crippen LogP contribution >= 0.6 is 0 Å². The molecule has 1 unspecified atom stereocenters. The minimum atomic E-state index is -1.12. The molecule has 11 nitrogen and oxygen atoms in total. The number of pyridine rings is 1. The van der Waals surface area contributed by atoms with Crippen LogP contribution in [0.15, 0.2) is 108 Å². The predicted molar refractivity (Wildman–Crippen MR) is 182 cm³/mol. The lowest BCUT2D eigenvalue weighted by molar-refractivity contribution is 0.0792. The van der Waals surface area contributed by atoms with Gasteiger partial charge in [0.05, 0.1) is 17.7 Å². The Labute approximate surface area is 277 Å². The summed E-state index contributed by atoms with van der Waals surface area (Å²) in [5.74, 6) is 0.418. The molecule has 0 saturated carbocycles. The van der Waals surface area contributed by atoms with Gasteiger partial charge in [-0.1, -0.05) is 60.7 Å². The number of fused-ring (bicyclic) bond motifs is 1. The molecule has 1 heterocycles. The van der Waals surface area contributed by atoms with Gasteiger partial charge < -0.3 is 40.6 Å². The van der Waals surface area contributed by atoms with Crippen LogP contribution in [0.4, 0.5) is 4.79 Å². The number of carbonyl (C=O) groups is 2. The molecule has 0 bridgehead atoms. The van der Waals surface area contributed by atoms with E-state index in [2.05, 4.69) is 15.6 Å². The van der Waals surface area contributed by atoms with Crippen LogP contribution in [0.5, 0.6) is 11.5 Å². The van der Waals surface area contributed by atoms with E-state index in [1.165, 1.54) is 12.1 Å². The van der Waals surface area contributed by atoms with Crippen molar-refractivity contribution >= 4 is 22.9 Å². The van der Waals surface area contributed by atoms with Crippen LogP contribution in [0.3, 0.4) is 0 Å². The lowest BCUT2D eigenvalue weighted by Crippen LogP contribution is -2.31. The van der Waals surface area contributed by atoms with Gasteiger partial charge in [0.1, 0.15) is 18.1 Å². The second-order valence-electron chi connectivity index (χ2n) is 11.4. The molecule has 6 N–H and O–H groups in total. The van der Waals surface area contributed by atoms with Crippen molar-refractivity contribution in [3.05, 3.63) is 141 Å². The van der Waals surface area contributed by atoms with E-state index in [0.29, 0.717) is 41.8 Å². The summed E-state index contributed by atoms with van der Waals surface area (Å²) >= 11 is 0. The molecular weight excluding hydrogens is 612 g/mol. The Bertz CT molecular complexity index is 1910. The quantitative estimate of drug-likeness (QED) is 0.0919. The standard InChI is InChI=1S/C37H38N4O7/c1-41(20-6-19-38-22-32(43)29-15-17-31(42)35-30(29)16-18-33(44)39-35)36(45)26-13-11-24(12-14-26)23-48-28-10-5-9-27(21-28)34(40-37(46)47)25-7-3-2-4-8-25/h2-5,7-18,21,32,34,38,40,42-43H,6,19-20,22-23H2,1H3,(H,39,44)(H,46,47)/t32-,34?/m1/s1. The van der Waals surface area contributed by atoms with Crippen LogP contribution in [0.2, 0.25) is 0 Å². The fourth-order valence-electron chi connectivity index (χ4n) is 5.48. The van der Waals surface area contributed by atoms with Gasteiger partial charge >= 0.3 is 6.09 Å². The SMILES string of the molecule is CN(CCCNC[C@@H](O)c1ccc(O)c2[nH]c(=O)ccc12)C(=O)c1ccc(COc2cccc(C(NC(=O)O)c3ccccc3)c2)cc1. The Kier molecular flexibility index (Phi) is 11.1. The molecule has 2 amide bonds. The fraction of sp³-hybridized carbons (Fsp3) is 0.216. The summed E-state index contributed by atoms with van der Waals surface area (Å²) in [6.45, 7) is 1.60. The molecule has 5 rings (SSSR count). The number of aromatic amines is 1. The Hall–Kier alpha value is -5.65. The highest BCUT2D eigenvalue weighted by Crippen LogP contribution is 2.29. The third-order valence-electron chi connectivity index (χ3n) is 8.00. The maximum Gasteiger partial charge on any atom is 0.405 e. The Morgan fingerprint density at radius 2 is 1.67 bits per heavy atom. The van der Waals surface area contributed by atoms with Crippen molar-refractivity contribution in [3.8, 4) is 11.5 Å². The van der Waals surface area contributed by atoms with Gasteiger partial charge in [0, 0.05) is 37.2 Å². The van der Waals surface area contributed by atoms with Gasteiger partial charge in [0.25, 0.3) is 5.91 Å². The summed E-state index contributed by atoms with van der Waals surface area (Å²) in [7, 11) is 1.74. The molecule has 248 valence electrons. The molecule has 0 saturated heterocycles. The number of ether oxygens (including phenoxy) is 1. The zero-order chi connectivity index (χ0) is 34.0. The molecule has 5 aromatic rings. The van der Waals surface area contributed by atoms with E-state index in [4.69, 9.17) is 4.74 Å². The molecule has 0 aliphatic carbocycles. The van der Waals surface area contributed by atoms with Crippen molar-refractivity contribution in [2.24, 2.45) is 0 Å². The topological polar surface area (TPSA) is 164 Å². The van der Waals surface area contributed by atoms with E-state index in [1.54, 1.807) is 36.2 Å². The highest BCUT2D eigenvalue weighted by atomic mass is 16.5. The smallest absolute Gasteiger partial charge is 0.405 e. The third kappa shape index (κ3) is 8.58. The number of H-pyrrole nitrogens is 1. The van der Waals surface area contributed by atoms with Gasteiger partial charge in [-0.2, -0.15) is 0 Å². The molecule has 0 spiro atoms. The minimum absolute atomic E-state index is 0.0605. The normalized spacial score (nSPS) is 12.3. The van der Waals surface area contributed by atoms with Gasteiger partial charge in [-0.05, 0) is 71.6 Å². The highest BCUT2D eigenvalue weighted by molar-refractivity contribution is 5.94. The first-order chi connectivity index (χ1) is 23.2. The number of nitrogens with one attached hydrogen (secondary N) is 3. The number of aliphatic hydroxyl groups excluding tert-OH is 1. The van der Waals surface area contributed by atoms with Gasteiger partial charge in [-0.25, -0.2) is 4.79 Å². The molecule has 0 radical (unpaired) electrons. The van der Waals surface area contributed by atoms with E-state index >= 15 is 0 Å². The maximum atomic E-state index is 13.0. The fourth-order valence-corrected chi connectivity index (χ4v) is 5.48. The largest absolute Gasteiger partial charge is 0.506 e. The van der Waals surface area contributed by atoms with Crippen LogP contribution in [-0.2, 0) is 6.61 Å². The van der Waals surface area contributed by atoms with Gasteiger partial charge in [0.2, 0.25) is 5.56 Å². The van der Waals surface area contributed by atoms with E-state index in [1.807, 2.05) is 66.7 Å². The molecule has 0 aliphatic rings. The number of benzene rings is 4. The molecule has 0 aliphatic heterocycles. The second-order valence-corrected chi connectivity index (χ2v) is 11.4. The number of hydrogen-bond donors (Lipinski definition) is 6. The molecular formula is C37H38N4O7. The average Bonchev–Trinajstić information content (AvgIpc) is 3.10. The summed E-state index contributed by atoms with van der Waals surface area (Å²) in [5.41, 5.74) is 3.53. The molecule has 1 aromatic heterocycles. The van der Waals surface area contributed by atoms with Crippen LogP contribution in [-0.4, -0.2) is 63.9 Å². The van der Waals surface area contributed by atoms with E-state index in [9.17, 15) is 29.7 Å². The van der Waals surface area contributed by atoms with E-state index < -0.39 is 18.2 Å². The first-order valence-electron chi connectivity index (χ1n) is 15.5. The van der Waals surface area contributed by atoms with Crippen molar-refractivity contribution in [1.82, 2.24) is 20.5 Å². The third-order valence-corrected chi connectivity index (χ3v) is 8.00. The predicted octanol–water partition coefficient (Wildman–Crippen LogP) is 4.96.